The van der Waals surface area contributed by atoms with Crippen LogP contribution in [-0.2, 0) is 0 Å². The molecule has 1 N–H and O–H groups in total. The van der Waals surface area contributed by atoms with E-state index in [9.17, 15) is 0 Å². The summed E-state index contributed by atoms with van der Waals surface area (Å²) in [5.41, 5.74) is 1.29. The Labute approximate surface area is 137 Å². The summed E-state index contributed by atoms with van der Waals surface area (Å²) in [4.78, 5) is 0. The number of nitrogens with one attached hydrogen (secondary N) is 1. The highest BCUT2D eigenvalue weighted by Gasteiger charge is 2.18. The molecule has 1 aromatic rings. The Balaban J connectivity index is 2.84. The summed E-state index contributed by atoms with van der Waals surface area (Å²) >= 11 is 9.83. The molecule has 2 atom stereocenters. The Bertz CT molecular complexity index is 395. The minimum absolute atomic E-state index is 0.384. The average molecular weight is 361 g/mol. The molecule has 0 saturated carbocycles. The van der Waals surface area contributed by atoms with Gasteiger partial charge < -0.3 is 5.32 Å². The number of hydrogen-bond donors (Lipinski definition) is 1. The van der Waals surface area contributed by atoms with Crippen molar-refractivity contribution in [3.05, 3.63) is 33.3 Å². The van der Waals surface area contributed by atoms with Gasteiger partial charge in [0.05, 0.1) is 0 Å². The minimum Gasteiger partial charge on any atom is -0.310 e. The van der Waals surface area contributed by atoms with Crippen LogP contribution in [0.15, 0.2) is 22.7 Å². The first-order valence-corrected chi connectivity index (χ1v) is 8.97. The fraction of sp³-hybridized carbons (Fsp3) is 0.647. The molecule has 2 unspecified atom stereocenters. The van der Waals surface area contributed by atoms with Crippen molar-refractivity contribution in [1.29, 1.82) is 0 Å². The molecule has 0 aliphatic heterocycles. The molecular weight excluding hydrogens is 334 g/mol. The molecule has 0 aliphatic rings. The van der Waals surface area contributed by atoms with Crippen LogP contribution in [-0.4, -0.2) is 6.54 Å². The van der Waals surface area contributed by atoms with Crippen molar-refractivity contribution in [2.45, 2.75) is 58.9 Å². The Morgan fingerprint density at radius 3 is 2.60 bits per heavy atom. The normalized spacial score (nSPS) is 14.2. The van der Waals surface area contributed by atoms with Gasteiger partial charge in [-0.25, -0.2) is 0 Å². The lowest BCUT2D eigenvalue weighted by Crippen LogP contribution is -2.24. The number of benzene rings is 1. The van der Waals surface area contributed by atoms with Crippen molar-refractivity contribution in [2.75, 3.05) is 6.54 Å². The third kappa shape index (κ3) is 5.75. The standard InChI is InChI=1S/C17H27BrClN/c1-4-7-8-13(5-2)11-17(20-6-3)15-12-14(19)9-10-16(15)18/h9-10,12-13,17,20H,4-8,11H2,1-3H3. The SMILES string of the molecule is CCCCC(CC)CC(NCC)c1cc(Cl)ccc1Br. The summed E-state index contributed by atoms with van der Waals surface area (Å²) in [7, 11) is 0. The van der Waals surface area contributed by atoms with Gasteiger partial charge in [-0.2, -0.15) is 0 Å². The van der Waals surface area contributed by atoms with Crippen molar-refractivity contribution >= 4 is 27.5 Å². The van der Waals surface area contributed by atoms with Gasteiger partial charge in [-0.15, -0.1) is 0 Å². The highest BCUT2D eigenvalue weighted by Crippen LogP contribution is 2.32. The van der Waals surface area contributed by atoms with Crippen LogP contribution in [0.2, 0.25) is 5.02 Å². The van der Waals surface area contributed by atoms with Crippen LogP contribution in [0.5, 0.6) is 0 Å². The van der Waals surface area contributed by atoms with Gasteiger partial charge in [0.25, 0.3) is 0 Å². The lowest BCUT2D eigenvalue weighted by Gasteiger charge is -2.25. The fourth-order valence-corrected chi connectivity index (χ4v) is 3.37. The molecule has 0 saturated heterocycles. The van der Waals surface area contributed by atoms with E-state index in [0.717, 1.165) is 22.0 Å². The summed E-state index contributed by atoms with van der Waals surface area (Å²) in [6, 6.07) is 6.46. The second-order valence-corrected chi connectivity index (χ2v) is 6.72. The maximum absolute atomic E-state index is 6.17. The molecule has 20 heavy (non-hydrogen) atoms. The third-order valence-corrected chi connectivity index (χ3v) is 4.85. The van der Waals surface area contributed by atoms with Crippen molar-refractivity contribution < 1.29 is 0 Å². The van der Waals surface area contributed by atoms with Gasteiger partial charge in [-0.1, -0.05) is 74.0 Å². The Hall–Kier alpha value is -0.0500. The van der Waals surface area contributed by atoms with Gasteiger partial charge in [-0.3, -0.25) is 0 Å². The summed E-state index contributed by atoms with van der Waals surface area (Å²) in [6.07, 6.45) is 6.37. The number of hydrogen-bond acceptors (Lipinski definition) is 1. The highest BCUT2D eigenvalue weighted by atomic mass is 79.9. The zero-order valence-corrected chi connectivity index (χ0v) is 15.2. The number of halogens is 2. The first-order valence-electron chi connectivity index (χ1n) is 7.80. The van der Waals surface area contributed by atoms with E-state index in [4.69, 9.17) is 11.6 Å². The second-order valence-electron chi connectivity index (χ2n) is 5.43. The van der Waals surface area contributed by atoms with Crippen molar-refractivity contribution in [3.8, 4) is 0 Å². The molecule has 0 heterocycles. The molecule has 0 aromatic heterocycles. The van der Waals surface area contributed by atoms with Gasteiger partial charge in [0, 0.05) is 15.5 Å². The van der Waals surface area contributed by atoms with E-state index in [1.54, 1.807) is 0 Å². The first kappa shape index (κ1) is 18.0. The first-order chi connectivity index (χ1) is 9.62. The summed E-state index contributed by atoms with van der Waals surface area (Å²) in [6.45, 7) is 7.71. The molecule has 0 fully saturated rings. The van der Waals surface area contributed by atoms with E-state index in [1.165, 1.54) is 37.7 Å². The lowest BCUT2D eigenvalue weighted by atomic mass is 9.89. The predicted octanol–water partition coefficient (Wildman–Crippen LogP) is 6.36. The lowest BCUT2D eigenvalue weighted by molar-refractivity contribution is 0.356. The molecular formula is C17H27BrClN. The second kappa shape index (κ2) is 9.81. The number of unbranched alkanes of at least 4 members (excludes halogenated alkanes) is 1. The van der Waals surface area contributed by atoms with Crippen LogP contribution in [0.25, 0.3) is 0 Å². The van der Waals surface area contributed by atoms with Crippen LogP contribution in [0.3, 0.4) is 0 Å². The van der Waals surface area contributed by atoms with Crippen molar-refractivity contribution in [2.24, 2.45) is 5.92 Å². The molecule has 0 aliphatic carbocycles. The largest absolute Gasteiger partial charge is 0.310 e. The summed E-state index contributed by atoms with van der Waals surface area (Å²) in [5.74, 6) is 0.782. The van der Waals surface area contributed by atoms with E-state index in [-0.39, 0.29) is 0 Å². The molecule has 1 nitrogen and oxygen atoms in total. The smallest absolute Gasteiger partial charge is 0.0410 e. The van der Waals surface area contributed by atoms with Crippen LogP contribution < -0.4 is 5.32 Å². The Morgan fingerprint density at radius 1 is 1.25 bits per heavy atom. The highest BCUT2D eigenvalue weighted by molar-refractivity contribution is 9.10. The molecule has 1 rings (SSSR count). The van der Waals surface area contributed by atoms with Crippen LogP contribution in [0.1, 0.15) is 64.5 Å². The van der Waals surface area contributed by atoms with E-state index in [1.807, 2.05) is 6.07 Å². The van der Waals surface area contributed by atoms with Gasteiger partial charge in [0.2, 0.25) is 0 Å². The minimum atomic E-state index is 0.384. The van der Waals surface area contributed by atoms with E-state index in [0.29, 0.717) is 6.04 Å². The molecule has 0 spiro atoms. The molecule has 1 aromatic carbocycles. The monoisotopic (exact) mass is 359 g/mol. The Morgan fingerprint density at radius 2 is 2.00 bits per heavy atom. The quantitative estimate of drug-likeness (QED) is 0.540. The van der Waals surface area contributed by atoms with Gasteiger partial charge >= 0.3 is 0 Å². The predicted molar refractivity (Wildman–Crippen MR) is 93.5 cm³/mol. The summed E-state index contributed by atoms with van der Waals surface area (Å²) < 4.78 is 1.15. The summed E-state index contributed by atoms with van der Waals surface area (Å²) in [5, 5.41) is 4.43. The topological polar surface area (TPSA) is 12.0 Å². The molecule has 114 valence electrons. The fourth-order valence-electron chi connectivity index (χ4n) is 2.66. The van der Waals surface area contributed by atoms with E-state index in [2.05, 4.69) is 54.2 Å². The van der Waals surface area contributed by atoms with Crippen LogP contribution in [0.4, 0.5) is 0 Å². The average Bonchev–Trinajstić information content (AvgIpc) is 2.45. The van der Waals surface area contributed by atoms with E-state index >= 15 is 0 Å². The number of rotatable bonds is 9. The van der Waals surface area contributed by atoms with Crippen molar-refractivity contribution in [1.82, 2.24) is 5.32 Å². The van der Waals surface area contributed by atoms with E-state index < -0.39 is 0 Å². The van der Waals surface area contributed by atoms with Gasteiger partial charge in [0.15, 0.2) is 0 Å². The zero-order chi connectivity index (χ0) is 15.0. The molecule has 0 radical (unpaired) electrons. The van der Waals surface area contributed by atoms with Crippen LogP contribution >= 0.6 is 27.5 Å². The van der Waals surface area contributed by atoms with Gasteiger partial charge in [-0.05, 0) is 42.6 Å². The molecule has 0 amide bonds. The third-order valence-electron chi connectivity index (χ3n) is 3.90. The van der Waals surface area contributed by atoms with Crippen molar-refractivity contribution in [3.63, 3.8) is 0 Å². The maximum atomic E-state index is 6.17. The molecule has 3 heteroatoms. The molecule has 0 bridgehead atoms. The zero-order valence-electron chi connectivity index (χ0n) is 12.9. The van der Waals surface area contributed by atoms with Gasteiger partial charge in [0.1, 0.15) is 0 Å². The Kier molecular flexibility index (Phi) is 8.83. The maximum Gasteiger partial charge on any atom is 0.0410 e. The van der Waals surface area contributed by atoms with Crippen LogP contribution in [0, 0.1) is 5.92 Å².